The van der Waals surface area contributed by atoms with Gasteiger partial charge in [0, 0.05) is 28.9 Å². The lowest BCUT2D eigenvalue weighted by molar-refractivity contribution is -0.0277. The second-order valence-corrected chi connectivity index (χ2v) is 4.11. The van der Waals surface area contributed by atoms with Crippen molar-refractivity contribution >= 4 is 0 Å². The number of hydrogen-bond donors (Lipinski definition) is 2. The number of nitrogens with zero attached hydrogens (tertiary/aromatic N) is 1. The largest absolute Gasteiger partial charge is 0.508 e. The van der Waals surface area contributed by atoms with Crippen LogP contribution in [0.5, 0.6) is 5.75 Å². The van der Waals surface area contributed by atoms with E-state index < -0.39 is 85.4 Å². The number of phenolic OH excluding ortho intramolecular Hbond substituents is 1. The standard InChI is InChI=1S/C16H25NO2/c1-17(2)12-15(13-6-8-14(18)9-7-13)16(19)10-4-3-5-11-16/h6-9,15,18-19H,3-5,10-12H2,1-2H3/i3D2,4D2,5D2,6D,7D,8D,9D,10D2,11D2,12D2. The minimum atomic E-state index is -4.19. The minimum Gasteiger partial charge on any atom is -0.508 e. The van der Waals surface area contributed by atoms with Crippen molar-refractivity contribution in [1.82, 2.24) is 4.90 Å². The van der Waals surface area contributed by atoms with E-state index in [9.17, 15) is 10.2 Å². The average Bonchev–Trinajstić information content (AvgIpc) is 2.71. The van der Waals surface area contributed by atoms with Crippen molar-refractivity contribution in [1.29, 1.82) is 0 Å². The molecule has 0 amide bonds. The molecule has 1 aliphatic rings. The summed E-state index contributed by atoms with van der Waals surface area (Å²) in [6.45, 7) is -3.22. The molecule has 1 atom stereocenters. The van der Waals surface area contributed by atoms with Crippen molar-refractivity contribution in [3.8, 4) is 5.75 Å². The lowest BCUT2D eigenvalue weighted by Gasteiger charge is -2.40. The molecule has 1 saturated carbocycles. The number of aliphatic hydroxyl groups is 1. The number of rotatable bonds is 4. The second-order valence-electron chi connectivity index (χ2n) is 4.11. The Labute approximate surface area is 138 Å². The van der Waals surface area contributed by atoms with Crippen LogP contribution in [0, 0.1) is 0 Å². The highest BCUT2D eigenvalue weighted by atomic mass is 16.3. The molecule has 2 rings (SSSR count). The molecule has 2 N–H and O–H groups in total. The molecule has 0 bridgehead atoms. The fraction of sp³-hybridized carbons (Fsp3) is 0.625. The van der Waals surface area contributed by atoms with Crippen LogP contribution in [-0.2, 0) is 0 Å². The van der Waals surface area contributed by atoms with Crippen LogP contribution in [-0.4, -0.2) is 41.3 Å². The highest BCUT2D eigenvalue weighted by Crippen LogP contribution is 2.40. The summed E-state index contributed by atoms with van der Waals surface area (Å²) >= 11 is 0. The Morgan fingerprint density at radius 3 is 2.42 bits per heavy atom. The van der Waals surface area contributed by atoms with Gasteiger partial charge in [-0.2, -0.15) is 0 Å². The van der Waals surface area contributed by atoms with E-state index in [0.717, 1.165) is 14.1 Å². The van der Waals surface area contributed by atoms with Crippen LogP contribution in [0.2, 0.25) is 0 Å². The molecule has 0 heterocycles. The topological polar surface area (TPSA) is 43.7 Å². The molecule has 1 fully saturated rings. The molecule has 1 aromatic rings. The zero-order valence-corrected chi connectivity index (χ0v) is 10.4. The first kappa shape index (κ1) is 4.22. The van der Waals surface area contributed by atoms with Crippen LogP contribution in [0.25, 0.3) is 0 Å². The van der Waals surface area contributed by atoms with E-state index in [1.807, 2.05) is 0 Å². The van der Waals surface area contributed by atoms with Gasteiger partial charge < -0.3 is 15.1 Å². The molecule has 106 valence electrons. The molecule has 3 nitrogen and oxygen atoms in total. The van der Waals surface area contributed by atoms with Gasteiger partial charge in [0.1, 0.15) is 5.75 Å². The Hall–Kier alpha value is -1.06. The van der Waals surface area contributed by atoms with Crippen molar-refractivity contribution in [2.24, 2.45) is 0 Å². The highest BCUT2D eigenvalue weighted by molar-refractivity contribution is 5.30. The summed E-state index contributed by atoms with van der Waals surface area (Å²) in [5.41, 5.74) is -5.35. The molecule has 1 unspecified atom stereocenters. The second kappa shape index (κ2) is 5.93. The molecular weight excluding hydrogens is 238 g/mol. The van der Waals surface area contributed by atoms with Crippen LogP contribution in [0.15, 0.2) is 24.2 Å². The van der Waals surface area contributed by atoms with Gasteiger partial charge in [0.15, 0.2) is 0 Å². The number of benzene rings is 1. The molecule has 1 aliphatic carbocycles. The summed E-state index contributed by atoms with van der Waals surface area (Å²) in [4.78, 5) is 0.648. The molecule has 1 aromatic carbocycles. The van der Waals surface area contributed by atoms with E-state index >= 15 is 0 Å². The molecule has 0 radical (unpaired) electrons. The first-order valence-corrected chi connectivity index (χ1v) is 5.43. The Kier molecular flexibility index (Phi) is 1.32. The summed E-state index contributed by atoms with van der Waals surface area (Å²) < 4.78 is 131. The van der Waals surface area contributed by atoms with Gasteiger partial charge in [0.05, 0.1) is 11.1 Å². The number of likely N-dealkylation sites (N-methyl/N-ethyl adjacent to an activating group) is 1. The Bertz CT molecular complexity index is 978. The molecule has 0 spiro atoms. The minimum absolute atomic E-state index is 0.648. The van der Waals surface area contributed by atoms with Crippen LogP contribution < -0.4 is 0 Å². The van der Waals surface area contributed by atoms with E-state index in [0.29, 0.717) is 4.90 Å². The van der Waals surface area contributed by atoms with E-state index in [1.54, 1.807) is 0 Å². The molecular formula is C16H25NO2. The Morgan fingerprint density at radius 2 is 1.89 bits per heavy atom. The van der Waals surface area contributed by atoms with Gasteiger partial charge >= 0.3 is 0 Å². The maximum atomic E-state index is 11.8. The van der Waals surface area contributed by atoms with Crippen molar-refractivity contribution in [2.45, 2.75) is 43.4 Å². The fourth-order valence-electron chi connectivity index (χ4n) is 1.54. The monoisotopic (exact) mass is 279 g/mol. The molecule has 19 heavy (non-hydrogen) atoms. The molecule has 0 aromatic heterocycles. The maximum Gasteiger partial charge on any atom is 0.115 e. The van der Waals surface area contributed by atoms with E-state index in [-0.39, 0.29) is 0 Å². The molecule has 0 aliphatic heterocycles. The highest BCUT2D eigenvalue weighted by Gasteiger charge is 2.38. The quantitative estimate of drug-likeness (QED) is 0.890. The van der Waals surface area contributed by atoms with Gasteiger partial charge in [-0.1, -0.05) is 31.2 Å². The van der Waals surface area contributed by atoms with Crippen molar-refractivity contribution < 1.29 is 32.1 Å². The van der Waals surface area contributed by atoms with Crippen LogP contribution in [0.1, 0.15) is 65.3 Å². The average molecular weight is 279 g/mol. The lowest BCUT2D eigenvalue weighted by Crippen LogP contribution is -2.42. The zero-order chi connectivity index (χ0) is 28.1. The predicted molar refractivity (Wildman–Crippen MR) is 77.4 cm³/mol. The third kappa shape index (κ3) is 3.48. The third-order valence-electron chi connectivity index (χ3n) is 2.36. The van der Waals surface area contributed by atoms with Gasteiger partial charge in [0.25, 0.3) is 0 Å². The first-order chi connectivity index (χ1) is 15.2. The van der Waals surface area contributed by atoms with E-state index in [4.69, 9.17) is 21.9 Å². The van der Waals surface area contributed by atoms with Gasteiger partial charge in [-0.15, -0.1) is 0 Å². The first-order valence-electron chi connectivity index (χ1n) is 13.4. The van der Waals surface area contributed by atoms with Crippen LogP contribution in [0.4, 0.5) is 0 Å². The predicted octanol–water partition coefficient (Wildman–Crippen LogP) is 2.73. The number of phenols is 1. The summed E-state index contributed by atoms with van der Waals surface area (Å²) in [5, 5.41) is 21.7. The summed E-state index contributed by atoms with van der Waals surface area (Å²) in [7, 11) is 2.06. The Morgan fingerprint density at radius 1 is 1.32 bits per heavy atom. The van der Waals surface area contributed by atoms with Gasteiger partial charge in [0.2, 0.25) is 0 Å². The van der Waals surface area contributed by atoms with Crippen molar-refractivity contribution in [2.75, 3.05) is 20.6 Å². The van der Waals surface area contributed by atoms with Gasteiger partial charge in [-0.05, 0) is 44.5 Å². The SMILES string of the molecule is [2H]c1c([2H])c(C(C([2H])([2H])N(C)C)C2(O)C([2H])([2H])C([2H])([2H])C([2H])([2H])C([2H])([2H])C2([2H])[2H])c([2H])c([2H])c1O. The van der Waals surface area contributed by atoms with Gasteiger partial charge in [-0.25, -0.2) is 0 Å². The van der Waals surface area contributed by atoms with Crippen LogP contribution >= 0.6 is 0 Å². The van der Waals surface area contributed by atoms with Crippen molar-refractivity contribution in [3.63, 3.8) is 0 Å². The smallest absolute Gasteiger partial charge is 0.115 e. The zero-order valence-electron chi connectivity index (χ0n) is 26.4. The lowest BCUT2D eigenvalue weighted by atomic mass is 9.72. The molecule has 3 heteroatoms. The number of aromatic hydroxyl groups is 1. The van der Waals surface area contributed by atoms with E-state index in [1.165, 1.54) is 0 Å². The number of hydrogen-bond acceptors (Lipinski definition) is 3. The molecule has 0 saturated heterocycles. The third-order valence-corrected chi connectivity index (χ3v) is 2.36. The van der Waals surface area contributed by atoms with E-state index in [2.05, 4.69) is 0 Å². The summed E-state index contributed by atoms with van der Waals surface area (Å²) in [6.07, 6.45) is -20.2. The maximum absolute atomic E-state index is 11.8. The van der Waals surface area contributed by atoms with Crippen LogP contribution in [0.3, 0.4) is 0 Å². The van der Waals surface area contributed by atoms with Gasteiger partial charge in [-0.3, -0.25) is 0 Å². The van der Waals surface area contributed by atoms with Crippen molar-refractivity contribution in [3.05, 3.63) is 29.7 Å². The summed E-state index contributed by atoms with van der Waals surface area (Å²) in [6, 6.07) is -4.73. The fourth-order valence-corrected chi connectivity index (χ4v) is 1.54. The normalized spacial score (nSPS) is 46.7. The Balaban J connectivity index is 3.27. The summed E-state index contributed by atoms with van der Waals surface area (Å²) in [5.74, 6) is -4.07.